The summed E-state index contributed by atoms with van der Waals surface area (Å²) in [6.07, 6.45) is 0.435. The van der Waals surface area contributed by atoms with Gasteiger partial charge in [0.25, 0.3) is 0 Å². The van der Waals surface area contributed by atoms with Crippen molar-refractivity contribution in [2.75, 3.05) is 6.54 Å². The summed E-state index contributed by atoms with van der Waals surface area (Å²) in [5.41, 5.74) is 3.10. The van der Waals surface area contributed by atoms with E-state index in [4.69, 9.17) is 17.0 Å². The fraction of sp³-hybridized carbons (Fsp3) is 0.276. The first-order valence-corrected chi connectivity index (χ1v) is 12.7. The van der Waals surface area contributed by atoms with Crippen LogP contribution in [0.1, 0.15) is 29.5 Å². The second-order valence-electron chi connectivity index (χ2n) is 9.19. The van der Waals surface area contributed by atoms with E-state index in [9.17, 15) is 9.59 Å². The summed E-state index contributed by atoms with van der Waals surface area (Å²) in [7, 11) is 0. The number of fused-ring (bicyclic) bond motifs is 1. The van der Waals surface area contributed by atoms with Crippen LogP contribution >= 0.6 is 12.2 Å². The van der Waals surface area contributed by atoms with Crippen molar-refractivity contribution in [3.63, 3.8) is 0 Å². The zero-order valence-electron chi connectivity index (χ0n) is 20.0. The van der Waals surface area contributed by atoms with E-state index in [1.165, 1.54) is 0 Å². The summed E-state index contributed by atoms with van der Waals surface area (Å²) >= 11 is 5.96. The maximum atomic E-state index is 13.4. The number of esters is 1. The largest absolute Gasteiger partial charge is 0.459 e. The number of benzene rings is 3. The van der Waals surface area contributed by atoms with Crippen LogP contribution in [0.5, 0.6) is 0 Å². The third kappa shape index (κ3) is 5.26. The van der Waals surface area contributed by atoms with Crippen molar-refractivity contribution in [2.45, 2.75) is 44.7 Å². The lowest BCUT2D eigenvalue weighted by atomic mass is 10.0. The lowest BCUT2D eigenvalue weighted by molar-refractivity contribution is -0.165. The number of ether oxygens (including phenoxy) is 1. The van der Waals surface area contributed by atoms with Gasteiger partial charge in [0.1, 0.15) is 18.8 Å². The summed E-state index contributed by atoms with van der Waals surface area (Å²) in [6.45, 7) is 2.01. The molecule has 0 aliphatic carbocycles. The van der Waals surface area contributed by atoms with Gasteiger partial charge in [0.05, 0.1) is 6.42 Å². The molecule has 0 radical (unpaired) electrons. The van der Waals surface area contributed by atoms with Gasteiger partial charge in [0.15, 0.2) is 5.11 Å². The number of amides is 1. The lowest BCUT2D eigenvalue weighted by Crippen LogP contribution is -2.69. The van der Waals surface area contributed by atoms with Crippen LogP contribution < -0.4 is 0 Å². The molecule has 7 heteroatoms. The molecule has 184 valence electrons. The molecule has 1 unspecified atom stereocenters. The number of hydrogen-bond acceptors (Lipinski definition) is 4. The Bertz CT molecular complexity index is 1210. The van der Waals surface area contributed by atoms with Gasteiger partial charge in [-0.2, -0.15) is 0 Å². The van der Waals surface area contributed by atoms with Gasteiger partial charge in [0.2, 0.25) is 5.91 Å². The normalized spacial score (nSPS) is 19.7. The van der Waals surface area contributed by atoms with Crippen molar-refractivity contribution in [3.05, 3.63) is 108 Å². The van der Waals surface area contributed by atoms with E-state index in [1.54, 1.807) is 0 Å². The lowest BCUT2D eigenvalue weighted by Gasteiger charge is -2.53. The van der Waals surface area contributed by atoms with Crippen LogP contribution in [-0.2, 0) is 34.0 Å². The number of thiocarbonyl (C=S) groups is 1. The zero-order chi connectivity index (χ0) is 24.9. The van der Waals surface area contributed by atoms with Gasteiger partial charge in [-0.05, 0) is 28.9 Å². The molecule has 0 bridgehead atoms. The molecule has 0 N–H and O–H groups in total. The predicted octanol–water partition coefficient (Wildman–Crippen LogP) is 4.35. The molecule has 0 saturated carbocycles. The average molecular weight is 500 g/mol. The smallest absolute Gasteiger partial charge is 0.329 e. The third-order valence-electron chi connectivity index (χ3n) is 6.76. The van der Waals surface area contributed by atoms with Crippen LogP contribution in [0.2, 0.25) is 0 Å². The third-order valence-corrected chi connectivity index (χ3v) is 7.23. The fourth-order valence-electron chi connectivity index (χ4n) is 4.94. The predicted molar refractivity (Wildman–Crippen MR) is 141 cm³/mol. The van der Waals surface area contributed by atoms with Gasteiger partial charge < -0.3 is 19.4 Å². The molecule has 3 aromatic carbocycles. The maximum absolute atomic E-state index is 13.4. The quantitative estimate of drug-likeness (QED) is 0.356. The first-order chi connectivity index (χ1) is 17.6. The van der Waals surface area contributed by atoms with Crippen molar-refractivity contribution >= 4 is 29.2 Å². The molecule has 0 aromatic heterocycles. The molecule has 2 fully saturated rings. The Hall–Kier alpha value is -3.71. The monoisotopic (exact) mass is 499 g/mol. The summed E-state index contributed by atoms with van der Waals surface area (Å²) in [6, 6.07) is 28.9. The first kappa shape index (κ1) is 24.0. The number of carbonyl (C=O) groups excluding carboxylic acids is 2. The highest BCUT2D eigenvalue weighted by molar-refractivity contribution is 7.80. The molecule has 6 nitrogen and oxygen atoms in total. The molecule has 0 spiro atoms. The highest BCUT2D eigenvalue weighted by atomic mass is 32.1. The summed E-state index contributed by atoms with van der Waals surface area (Å²) in [4.78, 5) is 32.6. The van der Waals surface area contributed by atoms with E-state index < -0.39 is 12.0 Å². The molecule has 5 rings (SSSR count). The van der Waals surface area contributed by atoms with Crippen LogP contribution in [-0.4, -0.2) is 50.4 Å². The average Bonchev–Trinajstić information content (AvgIpc) is 2.92. The Balaban J connectivity index is 1.39. The Morgan fingerprint density at radius 3 is 2.00 bits per heavy atom. The maximum Gasteiger partial charge on any atom is 0.329 e. The van der Waals surface area contributed by atoms with E-state index in [-0.39, 0.29) is 25.1 Å². The second-order valence-corrected chi connectivity index (χ2v) is 9.55. The van der Waals surface area contributed by atoms with E-state index in [0.717, 1.165) is 16.7 Å². The molecule has 2 atom stereocenters. The molecule has 2 aliphatic rings. The Morgan fingerprint density at radius 1 is 0.833 bits per heavy atom. The molecule has 1 amide bonds. The van der Waals surface area contributed by atoms with Gasteiger partial charge in [-0.15, -0.1) is 0 Å². The van der Waals surface area contributed by atoms with Crippen molar-refractivity contribution in [3.8, 4) is 0 Å². The Kier molecular flexibility index (Phi) is 7.28. The van der Waals surface area contributed by atoms with E-state index in [0.29, 0.717) is 31.2 Å². The standard InChI is InChI=1S/C29H29N3O3S/c33-27-18-25(28(34)35-21-24-14-8-3-9-15-24)32-26(31(27)20-23-12-6-2-7-13-23)16-17-30(29(32)36)19-22-10-4-1-5-11-22/h1-15,25-26H,16-21H2/t25-,26?/m0/s1. The minimum Gasteiger partial charge on any atom is -0.459 e. The summed E-state index contributed by atoms with van der Waals surface area (Å²) < 4.78 is 5.69. The van der Waals surface area contributed by atoms with Crippen LogP contribution in [0.15, 0.2) is 91.0 Å². The fourth-order valence-corrected chi connectivity index (χ4v) is 5.34. The topological polar surface area (TPSA) is 53.1 Å². The number of nitrogens with zero attached hydrogens (tertiary/aromatic N) is 3. The van der Waals surface area contributed by atoms with Crippen LogP contribution in [0, 0.1) is 0 Å². The van der Waals surface area contributed by atoms with E-state index >= 15 is 0 Å². The molecule has 3 aromatic rings. The van der Waals surface area contributed by atoms with Gasteiger partial charge in [-0.1, -0.05) is 91.0 Å². The molecular weight excluding hydrogens is 470 g/mol. The van der Waals surface area contributed by atoms with E-state index in [2.05, 4.69) is 17.0 Å². The Morgan fingerprint density at radius 2 is 1.39 bits per heavy atom. The second kappa shape index (κ2) is 10.9. The molecule has 2 aliphatic heterocycles. The highest BCUT2D eigenvalue weighted by Crippen LogP contribution is 2.32. The number of carbonyl (C=O) groups is 2. The number of rotatable bonds is 7. The first-order valence-electron chi connectivity index (χ1n) is 12.3. The Labute approximate surface area is 217 Å². The van der Waals surface area contributed by atoms with E-state index in [1.807, 2.05) is 88.7 Å². The van der Waals surface area contributed by atoms with Gasteiger partial charge in [-0.25, -0.2) is 4.79 Å². The number of hydrogen-bond donors (Lipinski definition) is 0. The summed E-state index contributed by atoms with van der Waals surface area (Å²) in [5.74, 6) is -0.471. The molecule has 36 heavy (non-hydrogen) atoms. The molecule has 2 heterocycles. The highest BCUT2D eigenvalue weighted by Gasteiger charge is 2.48. The van der Waals surface area contributed by atoms with Crippen molar-refractivity contribution in [2.24, 2.45) is 0 Å². The zero-order valence-corrected chi connectivity index (χ0v) is 20.8. The van der Waals surface area contributed by atoms with Gasteiger partial charge in [-0.3, -0.25) is 4.79 Å². The van der Waals surface area contributed by atoms with Crippen LogP contribution in [0.4, 0.5) is 0 Å². The summed E-state index contributed by atoms with van der Waals surface area (Å²) in [5, 5.41) is 0.585. The molecular formula is C29H29N3O3S. The van der Waals surface area contributed by atoms with Crippen molar-refractivity contribution in [1.82, 2.24) is 14.7 Å². The van der Waals surface area contributed by atoms with Gasteiger partial charge in [0, 0.05) is 26.1 Å². The minimum atomic E-state index is -0.746. The SMILES string of the molecule is O=C(OCc1ccccc1)[C@@H]1CC(=O)N(Cc2ccccc2)C2CCN(Cc3ccccc3)C(=S)N21. The van der Waals surface area contributed by atoms with Crippen LogP contribution in [0.3, 0.4) is 0 Å². The molecule has 2 saturated heterocycles. The van der Waals surface area contributed by atoms with Crippen LogP contribution in [0.25, 0.3) is 0 Å². The van der Waals surface area contributed by atoms with Crippen molar-refractivity contribution in [1.29, 1.82) is 0 Å². The minimum absolute atomic E-state index is 0.0380. The van der Waals surface area contributed by atoms with Gasteiger partial charge >= 0.3 is 5.97 Å². The van der Waals surface area contributed by atoms with Crippen molar-refractivity contribution < 1.29 is 14.3 Å².